The maximum atomic E-state index is 11.2. The van der Waals surface area contributed by atoms with Crippen molar-refractivity contribution in [3.8, 4) is 0 Å². The lowest BCUT2D eigenvalue weighted by Crippen LogP contribution is -1.98. The molecule has 0 aliphatic rings. The van der Waals surface area contributed by atoms with E-state index < -0.39 is 10.1 Å². The van der Waals surface area contributed by atoms with Crippen LogP contribution in [-0.4, -0.2) is 13.0 Å². The van der Waals surface area contributed by atoms with E-state index in [2.05, 4.69) is 0 Å². The fraction of sp³-hybridized carbons (Fsp3) is 0. The van der Waals surface area contributed by atoms with Crippen molar-refractivity contribution in [3.63, 3.8) is 0 Å². The molecule has 4 aromatic rings. The van der Waals surface area contributed by atoms with E-state index in [-0.39, 0.29) is 4.90 Å². The molecule has 0 N–H and O–H groups in total. The summed E-state index contributed by atoms with van der Waals surface area (Å²) in [5, 5.41) is 5.89. The molecule has 0 spiro atoms. The number of benzene rings is 4. The normalized spacial score (nSPS) is 12.7. The molecule has 4 rings (SSSR count). The molecule has 0 heterocycles. The minimum Gasteiger partial charge on any atom is -0.744 e. The zero-order valence-corrected chi connectivity index (χ0v) is 11.1. The van der Waals surface area contributed by atoms with E-state index in [1.165, 1.54) is 12.1 Å². The van der Waals surface area contributed by atoms with Crippen LogP contribution in [-0.2, 0) is 10.1 Å². The standard InChI is InChI=1S/C16H10O3S/c17-20(18,19)14-8-12-6-4-10-2-1-3-11-5-7-13(9-14)16(12)15(10)11/h1-9H,(H,17,18,19)/p-1. The van der Waals surface area contributed by atoms with Gasteiger partial charge in [0.05, 0.1) is 4.90 Å². The van der Waals surface area contributed by atoms with Gasteiger partial charge >= 0.3 is 0 Å². The van der Waals surface area contributed by atoms with Gasteiger partial charge in [0.15, 0.2) is 0 Å². The van der Waals surface area contributed by atoms with Crippen molar-refractivity contribution < 1.29 is 13.0 Å². The monoisotopic (exact) mass is 281 g/mol. The largest absolute Gasteiger partial charge is 0.744 e. The average molecular weight is 281 g/mol. The molecule has 0 aliphatic heterocycles. The van der Waals surface area contributed by atoms with Crippen LogP contribution >= 0.6 is 0 Å². The van der Waals surface area contributed by atoms with Gasteiger partial charge in [-0.3, -0.25) is 0 Å². The Balaban J connectivity index is 2.31. The number of hydrogen-bond donors (Lipinski definition) is 0. The molecule has 4 heteroatoms. The van der Waals surface area contributed by atoms with Crippen molar-refractivity contribution in [2.24, 2.45) is 0 Å². The van der Waals surface area contributed by atoms with Crippen molar-refractivity contribution in [1.29, 1.82) is 0 Å². The molecule has 98 valence electrons. The van der Waals surface area contributed by atoms with Crippen LogP contribution in [0.25, 0.3) is 32.3 Å². The number of hydrogen-bond acceptors (Lipinski definition) is 3. The molecule has 0 saturated heterocycles. The summed E-state index contributed by atoms with van der Waals surface area (Å²) in [7, 11) is -4.44. The summed E-state index contributed by atoms with van der Waals surface area (Å²) in [5.41, 5.74) is 0. The Labute approximate surface area is 115 Å². The third kappa shape index (κ3) is 1.52. The Morgan fingerprint density at radius 1 is 0.700 bits per heavy atom. The lowest BCUT2D eigenvalue weighted by molar-refractivity contribution is 0.463. The summed E-state index contributed by atoms with van der Waals surface area (Å²) in [6.45, 7) is 0. The first-order valence-corrected chi connectivity index (χ1v) is 7.58. The fourth-order valence-electron chi connectivity index (χ4n) is 2.87. The van der Waals surface area contributed by atoms with Gasteiger partial charge in [0, 0.05) is 0 Å². The highest BCUT2D eigenvalue weighted by Gasteiger charge is 2.10. The van der Waals surface area contributed by atoms with Gasteiger partial charge in [-0.2, -0.15) is 0 Å². The van der Waals surface area contributed by atoms with Crippen LogP contribution in [0.3, 0.4) is 0 Å². The lowest BCUT2D eigenvalue weighted by Gasteiger charge is -2.13. The van der Waals surface area contributed by atoms with Crippen LogP contribution in [0.15, 0.2) is 59.5 Å². The molecule has 0 fully saturated rings. The highest BCUT2D eigenvalue weighted by Crippen LogP contribution is 2.35. The Morgan fingerprint density at radius 3 is 1.65 bits per heavy atom. The van der Waals surface area contributed by atoms with Gasteiger partial charge < -0.3 is 4.55 Å². The van der Waals surface area contributed by atoms with Crippen molar-refractivity contribution in [2.45, 2.75) is 4.90 Å². The Morgan fingerprint density at radius 2 is 1.15 bits per heavy atom. The van der Waals surface area contributed by atoms with Gasteiger partial charge in [-0.15, -0.1) is 0 Å². The summed E-state index contributed by atoms with van der Waals surface area (Å²) in [6.07, 6.45) is 0. The van der Waals surface area contributed by atoms with Gasteiger partial charge in [-0.1, -0.05) is 42.5 Å². The first kappa shape index (κ1) is 11.6. The van der Waals surface area contributed by atoms with Crippen LogP contribution < -0.4 is 0 Å². The van der Waals surface area contributed by atoms with Crippen LogP contribution in [0.5, 0.6) is 0 Å². The molecular weight excluding hydrogens is 272 g/mol. The maximum Gasteiger partial charge on any atom is 0.124 e. The van der Waals surface area contributed by atoms with Crippen LogP contribution in [0.4, 0.5) is 0 Å². The van der Waals surface area contributed by atoms with E-state index in [1.54, 1.807) is 0 Å². The summed E-state index contributed by atoms with van der Waals surface area (Å²) in [5.74, 6) is 0. The predicted molar refractivity (Wildman–Crippen MR) is 78.1 cm³/mol. The molecule has 0 unspecified atom stereocenters. The van der Waals surface area contributed by atoms with E-state index >= 15 is 0 Å². The highest BCUT2D eigenvalue weighted by atomic mass is 32.2. The molecule has 0 radical (unpaired) electrons. The molecule has 20 heavy (non-hydrogen) atoms. The maximum absolute atomic E-state index is 11.2. The van der Waals surface area contributed by atoms with E-state index in [0.717, 1.165) is 32.3 Å². The Bertz CT molecular complexity index is 1000. The summed E-state index contributed by atoms with van der Waals surface area (Å²) in [4.78, 5) is -0.177. The topological polar surface area (TPSA) is 57.2 Å². The molecule has 4 aromatic carbocycles. The smallest absolute Gasteiger partial charge is 0.124 e. The Hall–Kier alpha value is -2.17. The van der Waals surface area contributed by atoms with Gasteiger partial charge in [0.1, 0.15) is 10.1 Å². The fourth-order valence-corrected chi connectivity index (χ4v) is 3.41. The van der Waals surface area contributed by atoms with Gasteiger partial charge in [-0.05, 0) is 44.5 Å². The molecule has 0 aliphatic carbocycles. The summed E-state index contributed by atoms with van der Waals surface area (Å²) < 4.78 is 33.7. The van der Waals surface area contributed by atoms with Crippen LogP contribution in [0.1, 0.15) is 0 Å². The zero-order valence-electron chi connectivity index (χ0n) is 10.3. The van der Waals surface area contributed by atoms with Crippen LogP contribution in [0.2, 0.25) is 0 Å². The van der Waals surface area contributed by atoms with Gasteiger partial charge in [0.25, 0.3) is 0 Å². The van der Waals surface area contributed by atoms with Gasteiger partial charge in [-0.25, -0.2) is 8.42 Å². The second-order valence-electron chi connectivity index (χ2n) is 4.91. The zero-order chi connectivity index (χ0) is 13.9. The van der Waals surface area contributed by atoms with E-state index in [1.807, 2.05) is 42.5 Å². The lowest BCUT2D eigenvalue weighted by atomic mass is 9.94. The van der Waals surface area contributed by atoms with Crippen molar-refractivity contribution in [3.05, 3.63) is 54.6 Å². The quantitative estimate of drug-likeness (QED) is 0.396. The first-order chi connectivity index (χ1) is 9.54. The van der Waals surface area contributed by atoms with E-state index in [9.17, 15) is 13.0 Å². The molecule has 0 amide bonds. The second kappa shape index (κ2) is 3.69. The average Bonchev–Trinajstić information content (AvgIpc) is 2.43. The first-order valence-electron chi connectivity index (χ1n) is 6.17. The van der Waals surface area contributed by atoms with E-state index in [4.69, 9.17) is 0 Å². The minimum atomic E-state index is -4.44. The molecule has 0 aromatic heterocycles. The third-order valence-electron chi connectivity index (χ3n) is 3.73. The van der Waals surface area contributed by atoms with Gasteiger partial charge in [0.2, 0.25) is 0 Å². The predicted octanol–water partition coefficient (Wildman–Crippen LogP) is 3.49. The molecule has 0 saturated carbocycles. The van der Waals surface area contributed by atoms with Crippen molar-refractivity contribution in [1.82, 2.24) is 0 Å². The van der Waals surface area contributed by atoms with Crippen molar-refractivity contribution >= 4 is 42.4 Å². The third-order valence-corrected chi connectivity index (χ3v) is 4.54. The molecule has 0 bridgehead atoms. The number of rotatable bonds is 1. The molecule has 0 atom stereocenters. The summed E-state index contributed by atoms with van der Waals surface area (Å²) in [6, 6.07) is 16.6. The van der Waals surface area contributed by atoms with Crippen molar-refractivity contribution in [2.75, 3.05) is 0 Å². The SMILES string of the molecule is O=S(=O)([O-])c1cc2ccc3cccc4ccc(c1)c2c34. The molecule has 3 nitrogen and oxygen atoms in total. The minimum absolute atomic E-state index is 0.177. The second-order valence-corrected chi connectivity index (χ2v) is 6.29. The highest BCUT2D eigenvalue weighted by molar-refractivity contribution is 7.85. The molecular formula is C16H9O3S-. The van der Waals surface area contributed by atoms with Crippen LogP contribution in [0, 0.1) is 0 Å². The van der Waals surface area contributed by atoms with E-state index in [0.29, 0.717) is 0 Å². The summed E-state index contributed by atoms with van der Waals surface area (Å²) >= 11 is 0. The Kier molecular flexibility index (Phi) is 2.14.